The number of hydrogen-bond acceptors (Lipinski definition) is 6. The second-order valence-corrected chi connectivity index (χ2v) is 8.94. The van der Waals surface area contributed by atoms with E-state index in [0.717, 1.165) is 92.7 Å². The fourth-order valence-electron chi connectivity index (χ4n) is 4.46. The highest BCUT2D eigenvalue weighted by atomic mass is 16.5. The molecule has 6 nitrogen and oxygen atoms in total. The highest BCUT2D eigenvalue weighted by Crippen LogP contribution is 2.36. The Morgan fingerprint density at radius 2 is 1.70 bits per heavy atom. The maximum absolute atomic E-state index is 6.39. The van der Waals surface area contributed by atoms with Crippen LogP contribution in [0.3, 0.4) is 0 Å². The van der Waals surface area contributed by atoms with Crippen molar-refractivity contribution in [1.29, 1.82) is 0 Å². The van der Waals surface area contributed by atoms with E-state index in [1.54, 1.807) is 0 Å². The molecule has 2 aromatic rings. The van der Waals surface area contributed by atoms with E-state index in [2.05, 4.69) is 63.9 Å². The molecule has 1 aromatic carbocycles. The van der Waals surface area contributed by atoms with Crippen molar-refractivity contribution < 1.29 is 9.47 Å². The van der Waals surface area contributed by atoms with Crippen molar-refractivity contribution in [3.63, 3.8) is 0 Å². The summed E-state index contributed by atoms with van der Waals surface area (Å²) in [4.78, 5) is 12.7. The third-order valence-electron chi connectivity index (χ3n) is 6.49. The van der Waals surface area contributed by atoms with Gasteiger partial charge >= 0.3 is 0 Å². The van der Waals surface area contributed by atoms with Gasteiger partial charge in [0, 0.05) is 31.2 Å². The lowest BCUT2D eigenvalue weighted by Gasteiger charge is -2.26. The number of aryl methyl sites for hydroxylation is 4. The van der Waals surface area contributed by atoms with Crippen molar-refractivity contribution in [2.75, 3.05) is 44.8 Å². The largest absolute Gasteiger partial charge is 0.492 e. The number of nitrogens with zero attached hydrogens (tertiary/aromatic N) is 3. The number of anilines is 1. The average Bonchev–Trinajstić information content (AvgIpc) is 2.82. The van der Waals surface area contributed by atoms with Crippen LogP contribution >= 0.6 is 0 Å². The van der Waals surface area contributed by atoms with Crippen LogP contribution in [0.15, 0.2) is 12.1 Å². The van der Waals surface area contributed by atoms with Gasteiger partial charge in [-0.1, -0.05) is 33.8 Å². The predicted molar refractivity (Wildman–Crippen MR) is 136 cm³/mol. The first-order valence-corrected chi connectivity index (χ1v) is 12.7. The Labute approximate surface area is 200 Å². The molecule has 0 atom stereocenters. The van der Waals surface area contributed by atoms with Crippen LogP contribution < -0.4 is 10.1 Å². The van der Waals surface area contributed by atoms with E-state index in [9.17, 15) is 0 Å². The van der Waals surface area contributed by atoms with E-state index >= 15 is 0 Å². The summed E-state index contributed by atoms with van der Waals surface area (Å²) in [5, 5.41) is 3.64. The number of hydrogen-bond donors (Lipinski definition) is 1. The van der Waals surface area contributed by atoms with Crippen molar-refractivity contribution in [3.8, 4) is 17.0 Å². The zero-order chi connectivity index (χ0) is 23.8. The molecule has 2 heterocycles. The van der Waals surface area contributed by atoms with Gasteiger partial charge in [0.15, 0.2) is 0 Å². The zero-order valence-electron chi connectivity index (χ0n) is 21.5. The summed E-state index contributed by atoms with van der Waals surface area (Å²) in [6.45, 7) is 18.1. The Hall–Kier alpha value is -2.18. The quantitative estimate of drug-likeness (QED) is 0.504. The topological polar surface area (TPSA) is 59.5 Å². The van der Waals surface area contributed by atoms with Gasteiger partial charge in [0.05, 0.1) is 30.3 Å². The minimum absolute atomic E-state index is 0.417. The van der Waals surface area contributed by atoms with Gasteiger partial charge in [-0.15, -0.1) is 0 Å². The molecule has 33 heavy (non-hydrogen) atoms. The zero-order valence-corrected chi connectivity index (χ0v) is 21.5. The first kappa shape index (κ1) is 25.4. The van der Waals surface area contributed by atoms with Crippen molar-refractivity contribution in [3.05, 3.63) is 34.6 Å². The van der Waals surface area contributed by atoms with Gasteiger partial charge in [0.25, 0.3) is 0 Å². The summed E-state index contributed by atoms with van der Waals surface area (Å²) in [6.07, 6.45) is 3.81. The molecule has 182 valence electrons. The minimum atomic E-state index is 0.417. The molecule has 0 aliphatic carbocycles. The lowest BCUT2D eigenvalue weighted by atomic mass is 9.98. The molecule has 0 unspecified atom stereocenters. The Morgan fingerprint density at radius 1 is 1.00 bits per heavy atom. The van der Waals surface area contributed by atoms with E-state index in [-0.39, 0.29) is 0 Å². The van der Waals surface area contributed by atoms with E-state index in [1.165, 1.54) is 11.1 Å². The number of nitrogens with one attached hydrogen (secondary N) is 1. The average molecular weight is 455 g/mol. The van der Waals surface area contributed by atoms with Crippen LogP contribution in [-0.4, -0.2) is 60.4 Å². The molecule has 0 saturated carbocycles. The summed E-state index contributed by atoms with van der Waals surface area (Å²) in [6, 6.07) is 4.78. The normalized spacial score (nSPS) is 14.6. The van der Waals surface area contributed by atoms with E-state index in [1.807, 2.05) is 0 Å². The van der Waals surface area contributed by atoms with Gasteiger partial charge < -0.3 is 14.8 Å². The standard InChI is InChI=1S/C27H42N4O2/c1-7-21(8-2)28-27-23(10-4)29-26(22(9-3)30-27)25-20(6)17-19(5)18-24(25)33-16-13-31-11-14-32-15-12-31/h17-18,21H,7-16H2,1-6H3,(H,28,30). The van der Waals surface area contributed by atoms with Crippen LogP contribution in [0.25, 0.3) is 11.3 Å². The monoisotopic (exact) mass is 454 g/mol. The molecule has 1 aromatic heterocycles. The third-order valence-corrected chi connectivity index (χ3v) is 6.49. The van der Waals surface area contributed by atoms with Crippen molar-refractivity contribution in [2.45, 2.75) is 73.3 Å². The maximum Gasteiger partial charge on any atom is 0.148 e. The maximum atomic E-state index is 6.39. The predicted octanol–water partition coefficient (Wildman–Crippen LogP) is 5.20. The molecule has 6 heteroatoms. The lowest BCUT2D eigenvalue weighted by Crippen LogP contribution is -2.38. The summed E-state index contributed by atoms with van der Waals surface area (Å²) >= 11 is 0. The van der Waals surface area contributed by atoms with Gasteiger partial charge in [-0.3, -0.25) is 4.90 Å². The Bertz CT molecular complexity index is 905. The van der Waals surface area contributed by atoms with Crippen molar-refractivity contribution >= 4 is 5.82 Å². The molecule has 1 aliphatic heterocycles. The highest BCUT2D eigenvalue weighted by molar-refractivity contribution is 5.74. The second kappa shape index (κ2) is 12.3. The molecule has 0 bridgehead atoms. The van der Waals surface area contributed by atoms with Crippen LogP contribution in [0, 0.1) is 13.8 Å². The Morgan fingerprint density at radius 3 is 2.33 bits per heavy atom. The van der Waals surface area contributed by atoms with Crippen LogP contribution in [-0.2, 0) is 17.6 Å². The molecule has 0 spiro atoms. The molecule has 1 fully saturated rings. The van der Waals surface area contributed by atoms with Gasteiger partial charge in [0.2, 0.25) is 0 Å². The Kier molecular flexibility index (Phi) is 9.51. The Balaban J connectivity index is 1.94. The smallest absolute Gasteiger partial charge is 0.148 e. The molecule has 1 N–H and O–H groups in total. The highest BCUT2D eigenvalue weighted by Gasteiger charge is 2.20. The fraction of sp³-hybridized carbons (Fsp3) is 0.630. The summed E-state index contributed by atoms with van der Waals surface area (Å²) in [5.41, 5.74) is 6.47. The summed E-state index contributed by atoms with van der Waals surface area (Å²) in [5.74, 6) is 1.85. The molecule has 1 aliphatic rings. The third kappa shape index (κ3) is 6.45. The number of ether oxygens (including phenoxy) is 2. The number of rotatable bonds is 11. The molecule has 3 rings (SSSR count). The number of benzene rings is 1. The summed E-state index contributed by atoms with van der Waals surface area (Å²) in [7, 11) is 0. The minimum Gasteiger partial charge on any atom is -0.492 e. The second-order valence-electron chi connectivity index (χ2n) is 8.94. The van der Waals surface area contributed by atoms with E-state index in [0.29, 0.717) is 12.6 Å². The SMILES string of the molecule is CCc1nc(-c2c(C)cc(C)cc2OCCN2CCOCC2)c(CC)nc1NC(CC)CC. The molecule has 0 radical (unpaired) electrons. The molecular weight excluding hydrogens is 412 g/mol. The van der Waals surface area contributed by atoms with E-state index in [4.69, 9.17) is 19.4 Å². The van der Waals surface area contributed by atoms with Gasteiger partial charge in [-0.2, -0.15) is 0 Å². The molecular formula is C27H42N4O2. The van der Waals surface area contributed by atoms with Gasteiger partial charge in [-0.25, -0.2) is 9.97 Å². The van der Waals surface area contributed by atoms with Crippen LogP contribution in [0.1, 0.15) is 63.1 Å². The van der Waals surface area contributed by atoms with Crippen LogP contribution in [0.5, 0.6) is 5.75 Å². The van der Waals surface area contributed by atoms with Gasteiger partial charge in [-0.05, 0) is 56.7 Å². The first-order valence-electron chi connectivity index (χ1n) is 12.7. The van der Waals surface area contributed by atoms with Crippen LogP contribution in [0.4, 0.5) is 5.82 Å². The van der Waals surface area contributed by atoms with Gasteiger partial charge in [0.1, 0.15) is 18.2 Å². The summed E-state index contributed by atoms with van der Waals surface area (Å²) < 4.78 is 11.9. The first-order chi connectivity index (χ1) is 16.0. The van der Waals surface area contributed by atoms with Crippen molar-refractivity contribution in [2.24, 2.45) is 0 Å². The lowest BCUT2D eigenvalue weighted by molar-refractivity contribution is 0.0323. The van der Waals surface area contributed by atoms with Crippen LogP contribution in [0.2, 0.25) is 0 Å². The molecule has 0 amide bonds. The number of aromatic nitrogens is 2. The van der Waals surface area contributed by atoms with Crippen molar-refractivity contribution in [1.82, 2.24) is 14.9 Å². The fourth-order valence-corrected chi connectivity index (χ4v) is 4.46. The number of morpholine rings is 1. The molecule has 1 saturated heterocycles. The van der Waals surface area contributed by atoms with E-state index < -0.39 is 0 Å².